The van der Waals surface area contributed by atoms with Gasteiger partial charge in [0.2, 0.25) is 0 Å². The van der Waals surface area contributed by atoms with Gasteiger partial charge in [-0.3, -0.25) is 0 Å². The molecule has 2 N–H and O–H groups in total. The molecule has 1 aromatic carbocycles. The zero-order chi connectivity index (χ0) is 8.77. The van der Waals surface area contributed by atoms with Crippen LogP contribution < -0.4 is 10.9 Å². The maximum atomic E-state index is 5.86. The maximum absolute atomic E-state index is 5.86. The number of hydrazine groups is 1. The van der Waals surface area contributed by atoms with E-state index in [4.69, 9.17) is 5.84 Å². The van der Waals surface area contributed by atoms with Crippen molar-refractivity contribution in [3.05, 3.63) is 29.8 Å². The van der Waals surface area contributed by atoms with E-state index >= 15 is 0 Å². The molecule has 2 heteroatoms. The highest BCUT2D eigenvalue weighted by Gasteiger charge is 2.32. The Morgan fingerprint density at radius 3 is 2.67 bits per heavy atom. The average molecular weight is 162 g/mol. The third-order valence-corrected chi connectivity index (χ3v) is 2.51. The van der Waals surface area contributed by atoms with Crippen LogP contribution in [0.3, 0.4) is 0 Å². The fraction of sp³-hybridized carbons (Fsp3) is 0.400. The van der Waals surface area contributed by atoms with Gasteiger partial charge in [0.05, 0.1) is 5.69 Å². The van der Waals surface area contributed by atoms with Crippen molar-refractivity contribution in [3.8, 4) is 0 Å². The number of rotatable bonds is 0. The predicted octanol–water partition coefficient (Wildman–Crippen LogP) is 1.66. The summed E-state index contributed by atoms with van der Waals surface area (Å²) in [7, 11) is 0. The average Bonchev–Trinajstić information content (AvgIpc) is 2.25. The molecule has 1 aliphatic heterocycles. The second-order valence-electron chi connectivity index (χ2n) is 4.03. The lowest BCUT2D eigenvalue weighted by Crippen LogP contribution is -2.33. The van der Waals surface area contributed by atoms with Crippen molar-refractivity contribution in [1.29, 1.82) is 0 Å². The topological polar surface area (TPSA) is 29.3 Å². The fourth-order valence-electron chi connectivity index (χ4n) is 1.89. The van der Waals surface area contributed by atoms with Gasteiger partial charge in [-0.2, -0.15) is 0 Å². The number of nitrogens with two attached hydrogens (primary N) is 1. The van der Waals surface area contributed by atoms with Crippen molar-refractivity contribution in [2.24, 2.45) is 5.84 Å². The molecular weight excluding hydrogens is 148 g/mol. The van der Waals surface area contributed by atoms with Crippen LogP contribution in [0.2, 0.25) is 0 Å². The normalized spacial score (nSPS) is 19.4. The van der Waals surface area contributed by atoms with Crippen molar-refractivity contribution in [2.45, 2.75) is 19.3 Å². The van der Waals surface area contributed by atoms with Crippen LogP contribution in [0, 0.1) is 0 Å². The van der Waals surface area contributed by atoms with Gasteiger partial charge in [0, 0.05) is 12.0 Å². The fourth-order valence-corrected chi connectivity index (χ4v) is 1.89. The van der Waals surface area contributed by atoms with Crippen molar-refractivity contribution < 1.29 is 0 Å². The molecule has 0 aromatic heterocycles. The molecule has 0 amide bonds. The van der Waals surface area contributed by atoms with Gasteiger partial charge in [-0.25, -0.2) is 5.84 Å². The zero-order valence-electron chi connectivity index (χ0n) is 7.54. The molecule has 1 heterocycles. The molecule has 12 heavy (non-hydrogen) atoms. The number of nitrogens with zero attached hydrogens (tertiary/aromatic N) is 1. The summed E-state index contributed by atoms with van der Waals surface area (Å²) < 4.78 is 0. The molecular formula is C10H14N2. The first kappa shape index (κ1) is 7.62. The number of fused-ring (bicyclic) bond motifs is 1. The van der Waals surface area contributed by atoms with E-state index in [-0.39, 0.29) is 5.41 Å². The summed E-state index contributed by atoms with van der Waals surface area (Å²) in [5, 5.41) is 1.83. The van der Waals surface area contributed by atoms with Crippen molar-refractivity contribution in [3.63, 3.8) is 0 Å². The Hall–Kier alpha value is -1.02. The second kappa shape index (κ2) is 2.23. The van der Waals surface area contributed by atoms with E-state index in [0.29, 0.717) is 0 Å². The standard InChI is InChI=1S/C10H14N2/c1-10(2)7-12(11)9-6-4-3-5-8(9)10/h3-6H,7,11H2,1-2H3. The summed E-state index contributed by atoms with van der Waals surface area (Å²) in [5.41, 5.74) is 2.72. The number of hydrogen-bond donors (Lipinski definition) is 1. The molecule has 0 fully saturated rings. The molecule has 2 nitrogen and oxygen atoms in total. The number of benzene rings is 1. The SMILES string of the molecule is CC1(C)CN(N)c2ccccc21. The van der Waals surface area contributed by atoms with E-state index in [1.54, 1.807) is 0 Å². The smallest absolute Gasteiger partial charge is 0.0555 e. The summed E-state index contributed by atoms with van der Waals surface area (Å²) in [6.07, 6.45) is 0. The Morgan fingerprint density at radius 2 is 2.00 bits per heavy atom. The highest BCUT2D eigenvalue weighted by molar-refractivity contribution is 5.60. The molecule has 0 radical (unpaired) electrons. The van der Waals surface area contributed by atoms with Crippen LogP contribution in [0.15, 0.2) is 24.3 Å². The van der Waals surface area contributed by atoms with E-state index in [1.165, 1.54) is 11.3 Å². The molecule has 1 aromatic rings. The predicted molar refractivity (Wildman–Crippen MR) is 51.0 cm³/mol. The molecule has 64 valence electrons. The summed E-state index contributed by atoms with van der Waals surface area (Å²) in [6, 6.07) is 8.33. The minimum atomic E-state index is 0.200. The summed E-state index contributed by atoms with van der Waals surface area (Å²) >= 11 is 0. The molecule has 0 spiro atoms. The van der Waals surface area contributed by atoms with Gasteiger partial charge < -0.3 is 5.01 Å². The Kier molecular flexibility index (Phi) is 1.42. The highest BCUT2D eigenvalue weighted by atomic mass is 15.4. The van der Waals surface area contributed by atoms with Gasteiger partial charge in [0.15, 0.2) is 0 Å². The lowest BCUT2D eigenvalue weighted by molar-refractivity contribution is 0.555. The first-order valence-electron chi connectivity index (χ1n) is 4.23. The largest absolute Gasteiger partial charge is 0.310 e. The maximum Gasteiger partial charge on any atom is 0.0555 e. The van der Waals surface area contributed by atoms with Gasteiger partial charge in [0.25, 0.3) is 0 Å². The van der Waals surface area contributed by atoms with Crippen LogP contribution in [-0.2, 0) is 5.41 Å². The van der Waals surface area contributed by atoms with E-state index in [2.05, 4.69) is 32.0 Å². The van der Waals surface area contributed by atoms with Crippen LogP contribution >= 0.6 is 0 Å². The Labute approximate surface area is 73.0 Å². The first-order valence-corrected chi connectivity index (χ1v) is 4.23. The summed E-state index contributed by atoms with van der Waals surface area (Å²) in [5.74, 6) is 5.86. The van der Waals surface area contributed by atoms with E-state index in [9.17, 15) is 0 Å². The van der Waals surface area contributed by atoms with E-state index in [0.717, 1.165) is 6.54 Å². The number of hydrogen-bond acceptors (Lipinski definition) is 2. The third kappa shape index (κ3) is 0.916. The van der Waals surface area contributed by atoms with Gasteiger partial charge in [0.1, 0.15) is 0 Å². The van der Waals surface area contributed by atoms with Crippen molar-refractivity contribution in [1.82, 2.24) is 0 Å². The number of anilines is 1. The number of para-hydroxylation sites is 1. The lowest BCUT2D eigenvalue weighted by Gasteiger charge is -2.17. The molecule has 0 saturated carbocycles. The summed E-state index contributed by atoms with van der Waals surface area (Å²) in [4.78, 5) is 0. The lowest BCUT2D eigenvalue weighted by atomic mass is 9.87. The van der Waals surface area contributed by atoms with Crippen molar-refractivity contribution in [2.75, 3.05) is 11.6 Å². The van der Waals surface area contributed by atoms with Crippen LogP contribution in [0.25, 0.3) is 0 Å². The van der Waals surface area contributed by atoms with Crippen LogP contribution in [-0.4, -0.2) is 6.54 Å². The minimum absolute atomic E-state index is 0.200. The van der Waals surface area contributed by atoms with Crippen LogP contribution in [0.1, 0.15) is 19.4 Å². The zero-order valence-corrected chi connectivity index (χ0v) is 7.54. The van der Waals surface area contributed by atoms with Crippen LogP contribution in [0.4, 0.5) is 5.69 Å². The molecule has 0 unspecified atom stereocenters. The molecule has 0 bridgehead atoms. The van der Waals surface area contributed by atoms with Crippen molar-refractivity contribution >= 4 is 5.69 Å². The molecule has 0 atom stereocenters. The third-order valence-electron chi connectivity index (χ3n) is 2.51. The Morgan fingerprint density at radius 1 is 1.33 bits per heavy atom. The minimum Gasteiger partial charge on any atom is -0.310 e. The molecule has 2 rings (SSSR count). The van der Waals surface area contributed by atoms with Gasteiger partial charge in [-0.1, -0.05) is 32.0 Å². The quantitative estimate of drug-likeness (QED) is 0.588. The highest BCUT2D eigenvalue weighted by Crippen LogP contribution is 2.37. The molecule has 0 aliphatic carbocycles. The van der Waals surface area contributed by atoms with Gasteiger partial charge in [-0.15, -0.1) is 0 Å². The monoisotopic (exact) mass is 162 g/mol. The second-order valence-corrected chi connectivity index (χ2v) is 4.03. The van der Waals surface area contributed by atoms with Gasteiger partial charge >= 0.3 is 0 Å². The van der Waals surface area contributed by atoms with Crippen LogP contribution in [0.5, 0.6) is 0 Å². The van der Waals surface area contributed by atoms with E-state index in [1.807, 2.05) is 11.1 Å². The first-order chi connectivity index (χ1) is 5.61. The van der Waals surface area contributed by atoms with E-state index < -0.39 is 0 Å². The van der Waals surface area contributed by atoms with Gasteiger partial charge in [-0.05, 0) is 11.6 Å². The Bertz CT molecular complexity index is 304. The Balaban J connectivity index is 2.58. The summed E-state index contributed by atoms with van der Waals surface area (Å²) in [6.45, 7) is 5.35. The molecule has 0 saturated heterocycles. The molecule has 1 aliphatic rings.